The van der Waals surface area contributed by atoms with Gasteiger partial charge in [-0.15, -0.1) is 0 Å². The number of hydrogen-bond acceptors (Lipinski definition) is 3. The first-order chi connectivity index (χ1) is 6.70. The molecule has 4 heteroatoms. The number of carbonyl (C=O) groups is 2. The van der Waals surface area contributed by atoms with Crippen LogP contribution in [0.2, 0.25) is 25.2 Å². The van der Waals surface area contributed by atoms with Crippen LogP contribution >= 0.6 is 0 Å². The summed E-state index contributed by atoms with van der Waals surface area (Å²) < 4.78 is 4.85. The smallest absolute Gasteiger partial charge is 0.316 e. The van der Waals surface area contributed by atoms with Gasteiger partial charge >= 0.3 is 11.9 Å². The van der Waals surface area contributed by atoms with Crippen molar-refractivity contribution in [1.82, 2.24) is 0 Å². The largest absolute Gasteiger partial charge is 0.393 e. The molecule has 0 N–H and O–H groups in total. The van der Waals surface area contributed by atoms with Gasteiger partial charge in [-0.05, 0) is 6.42 Å². The molecule has 0 rings (SSSR count). The summed E-state index contributed by atoms with van der Waals surface area (Å²) in [4.78, 5) is 23.0. The molecule has 0 saturated carbocycles. The molecule has 0 bridgehead atoms. The molecule has 0 aliphatic heterocycles. The van der Waals surface area contributed by atoms with E-state index in [4.69, 9.17) is 4.74 Å². The van der Waals surface area contributed by atoms with E-state index < -0.39 is 14.0 Å². The molecular weight excluding hydrogens is 208 g/mol. The van der Waals surface area contributed by atoms with Crippen LogP contribution in [0.25, 0.3) is 0 Å². The van der Waals surface area contributed by atoms with Crippen LogP contribution in [0.4, 0.5) is 0 Å². The van der Waals surface area contributed by atoms with Crippen molar-refractivity contribution >= 4 is 20.0 Å². The molecule has 88 valence electrons. The summed E-state index contributed by atoms with van der Waals surface area (Å²) in [5.41, 5.74) is -0.0831. The third kappa shape index (κ3) is 4.60. The molecule has 0 saturated heterocycles. The molecule has 0 aliphatic carbocycles. The number of ether oxygens (including phenoxy) is 1. The third-order valence-electron chi connectivity index (χ3n) is 2.41. The standard InChI is InChI=1S/C11H22O3Si/c1-7-9(15(4,5)6)11(13)14-10(12)8(2)3/h8-9H,7H2,1-6H3. The fraction of sp³-hybridized carbons (Fsp3) is 0.818. The van der Waals surface area contributed by atoms with Gasteiger partial charge in [-0.25, -0.2) is 0 Å². The highest BCUT2D eigenvalue weighted by molar-refractivity contribution is 6.80. The lowest BCUT2D eigenvalue weighted by atomic mass is 10.2. The molecule has 0 radical (unpaired) electrons. The lowest BCUT2D eigenvalue weighted by Crippen LogP contribution is -2.35. The molecule has 0 heterocycles. The molecule has 0 aliphatic rings. The maximum absolute atomic E-state index is 11.7. The van der Waals surface area contributed by atoms with Crippen molar-refractivity contribution in [2.75, 3.05) is 0 Å². The lowest BCUT2D eigenvalue weighted by Gasteiger charge is -2.25. The van der Waals surface area contributed by atoms with Gasteiger partial charge in [0.25, 0.3) is 0 Å². The summed E-state index contributed by atoms with van der Waals surface area (Å²) in [6, 6.07) is 0. The van der Waals surface area contributed by atoms with Crippen molar-refractivity contribution in [3.63, 3.8) is 0 Å². The van der Waals surface area contributed by atoms with Gasteiger partial charge < -0.3 is 4.74 Å². The van der Waals surface area contributed by atoms with Gasteiger partial charge in [0.1, 0.15) is 0 Å². The average Bonchev–Trinajstić information content (AvgIpc) is 2.01. The number of rotatable bonds is 4. The molecule has 0 amide bonds. The highest BCUT2D eigenvalue weighted by Gasteiger charge is 2.34. The first-order valence-corrected chi connectivity index (χ1v) is 9.03. The predicted molar refractivity (Wildman–Crippen MR) is 63.3 cm³/mol. The van der Waals surface area contributed by atoms with Crippen LogP contribution in [0.3, 0.4) is 0 Å². The molecule has 0 spiro atoms. The summed E-state index contributed by atoms with van der Waals surface area (Å²) in [5.74, 6) is -1.000. The summed E-state index contributed by atoms with van der Waals surface area (Å²) in [7, 11) is -1.58. The molecular formula is C11H22O3Si. The lowest BCUT2D eigenvalue weighted by molar-refractivity contribution is -0.162. The minimum absolute atomic E-state index is 0.0831. The second-order valence-corrected chi connectivity index (χ2v) is 10.7. The van der Waals surface area contributed by atoms with Gasteiger partial charge in [0.2, 0.25) is 0 Å². The van der Waals surface area contributed by atoms with Crippen molar-refractivity contribution in [3.8, 4) is 0 Å². The maximum atomic E-state index is 11.7. The molecule has 0 aromatic rings. The van der Waals surface area contributed by atoms with Gasteiger partial charge in [-0.2, -0.15) is 0 Å². The molecule has 1 unspecified atom stereocenters. The van der Waals surface area contributed by atoms with E-state index >= 15 is 0 Å². The minimum atomic E-state index is -1.58. The van der Waals surface area contributed by atoms with Crippen molar-refractivity contribution < 1.29 is 14.3 Å². The first-order valence-electron chi connectivity index (χ1n) is 5.45. The predicted octanol–water partition coefficient (Wildman–Crippen LogP) is 2.83. The Morgan fingerprint density at radius 3 is 1.87 bits per heavy atom. The monoisotopic (exact) mass is 230 g/mol. The molecule has 0 aromatic heterocycles. The van der Waals surface area contributed by atoms with Gasteiger partial charge in [0, 0.05) is 0 Å². The number of carbonyl (C=O) groups excluding carboxylic acids is 2. The van der Waals surface area contributed by atoms with Crippen LogP contribution in [0.1, 0.15) is 27.2 Å². The molecule has 0 aromatic carbocycles. The van der Waals surface area contributed by atoms with Crippen molar-refractivity contribution in [3.05, 3.63) is 0 Å². The Labute approximate surface area is 93.2 Å². The zero-order chi connectivity index (χ0) is 12.2. The zero-order valence-electron chi connectivity index (χ0n) is 10.6. The molecule has 0 fully saturated rings. The summed E-state index contributed by atoms with van der Waals surface area (Å²) in [6.07, 6.45) is 0.750. The van der Waals surface area contributed by atoms with E-state index in [0.717, 1.165) is 6.42 Å². The van der Waals surface area contributed by atoms with Crippen LogP contribution < -0.4 is 0 Å². The Morgan fingerprint density at radius 2 is 1.60 bits per heavy atom. The Morgan fingerprint density at radius 1 is 1.13 bits per heavy atom. The summed E-state index contributed by atoms with van der Waals surface area (Å²) in [5, 5.41) is 0. The van der Waals surface area contributed by atoms with Gasteiger partial charge in [-0.1, -0.05) is 40.4 Å². The summed E-state index contributed by atoms with van der Waals surface area (Å²) >= 11 is 0. The van der Waals surface area contributed by atoms with E-state index in [1.54, 1.807) is 13.8 Å². The second kappa shape index (κ2) is 5.44. The normalized spacial score (nSPS) is 13.8. The highest BCUT2D eigenvalue weighted by Crippen LogP contribution is 2.26. The van der Waals surface area contributed by atoms with Crippen molar-refractivity contribution in [2.45, 2.75) is 52.4 Å². The van der Waals surface area contributed by atoms with E-state index in [2.05, 4.69) is 19.6 Å². The van der Waals surface area contributed by atoms with E-state index in [0.29, 0.717) is 0 Å². The summed E-state index contributed by atoms with van der Waals surface area (Å²) in [6.45, 7) is 11.8. The molecule has 15 heavy (non-hydrogen) atoms. The SMILES string of the molecule is CCC(C(=O)OC(=O)C(C)C)[Si](C)(C)C. The Kier molecular flexibility index (Phi) is 5.21. The van der Waals surface area contributed by atoms with E-state index in [1.165, 1.54) is 0 Å². The second-order valence-electron chi connectivity index (χ2n) is 5.22. The van der Waals surface area contributed by atoms with E-state index in [1.807, 2.05) is 6.92 Å². The zero-order valence-corrected chi connectivity index (χ0v) is 11.6. The van der Waals surface area contributed by atoms with Crippen LogP contribution in [0.15, 0.2) is 0 Å². The average molecular weight is 230 g/mol. The maximum Gasteiger partial charge on any atom is 0.316 e. The van der Waals surface area contributed by atoms with Crippen LogP contribution in [0, 0.1) is 5.92 Å². The van der Waals surface area contributed by atoms with Crippen LogP contribution in [0.5, 0.6) is 0 Å². The number of esters is 2. The Bertz CT molecular complexity index is 241. The van der Waals surface area contributed by atoms with Crippen LogP contribution in [-0.2, 0) is 14.3 Å². The Balaban J connectivity index is 4.49. The van der Waals surface area contributed by atoms with Gasteiger partial charge in [0.15, 0.2) is 0 Å². The highest BCUT2D eigenvalue weighted by atomic mass is 28.3. The number of hydrogen-bond donors (Lipinski definition) is 0. The van der Waals surface area contributed by atoms with E-state index in [9.17, 15) is 9.59 Å². The fourth-order valence-corrected chi connectivity index (χ4v) is 3.41. The minimum Gasteiger partial charge on any atom is -0.393 e. The van der Waals surface area contributed by atoms with E-state index in [-0.39, 0.29) is 17.4 Å². The third-order valence-corrected chi connectivity index (χ3v) is 5.15. The fourth-order valence-electron chi connectivity index (χ4n) is 1.42. The Hall–Kier alpha value is -0.643. The first kappa shape index (κ1) is 14.4. The van der Waals surface area contributed by atoms with Crippen LogP contribution in [-0.4, -0.2) is 20.0 Å². The molecule has 3 nitrogen and oxygen atoms in total. The van der Waals surface area contributed by atoms with Crippen molar-refractivity contribution in [1.29, 1.82) is 0 Å². The van der Waals surface area contributed by atoms with Gasteiger partial charge in [0.05, 0.1) is 19.5 Å². The molecule has 1 atom stereocenters. The quantitative estimate of drug-likeness (QED) is 0.424. The van der Waals surface area contributed by atoms with Gasteiger partial charge in [-0.3, -0.25) is 9.59 Å². The van der Waals surface area contributed by atoms with Crippen molar-refractivity contribution in [2.24, 2.45) is 5.92 Å². The topological polar surface area (TPSA) is 43.4 Å².